The lowest BCUT2D eigenvalue weighted by molar-refractivity contribution is -0.149. The van der Waals surface area contributed by atoms with Gasteiger partial charge in [-0.1, -0.05) is 19.1 Å². The van der Waals surface area contributed by atoms with Crippen LogP contribution in [0.2, 0.25) is 0 Å². The van der Waals surface area contributed by atoms with Crippen LogP contribution in [0.4, 0.5) is 4.39 Å². The maximum atomic E-state index is 13.0. The van der Waals surface area contributed by atoms with Gasteiger partial charge >= 0.3 is 5.97 Å². The van der Waals surface area contributed by atoms with Gasteiger partial charge in [-0.2, -0.15) is 0 Å². The first-order valence-electron chi connectivity index (χ1n) is 6.43. The molecule has 1 aliphatic rings. The van der Waals surface area contributed by atoms with E-state index in [1.807, 2.05) is 0 Å². The number of hydrogen-bond acceptors (Lipinski definition) is 2. The number of hydrogen-bond donors (Lipinski definition) is 0. The van der Waals surface area contributed by atoms with Crippen LogP contribution >= 0.6 is 0 Å². The maximum Gasteiger partial charge on any atom is 0.316 e. The van der Waals surface area contributed by atoms with Crippen molar-refractivity contribution >= 4 is 5.97 Å². The number of methoxy groups -OCH3 is 1. The van der Waals surface area contributed by atoms with E-state index in [4.69, 9.17) is 4.74 Å². The van der Waals surface area contributed by atoms with Crippen molar-refractivity contribution in [2.24, 2.45) is 5.92 Å². The molecule has 1 aliphatic carbocycles. The Bertz CT molecular complexity index is 417. The molecule has 0 radical (unpaired) electrons. The van der Waals surface area contributed by atoms with Crippen molar-refractivity contribution in [3.8, 4) is 0 Å². The molecule has 0 bridgehead atoms. The van der Waals surface area contributed by atoms with Crippen LogP contribution in [0.1, 0.15) is 38.2 Å². The molecule has 1 aromatic rings. The quantitative estimate of drug-likeness (QED) is 0.751. The Balaban J connectivity index is 2.36. The highest BCUT2D eigenvalue weighted by atomic mass is 19.1. The molecule has 2 nitrogen and oxygen atoms in total. The lowest BCUT2D eigenvalue weighted by Gasteiger charge is -2.37. The molecule has 0 spiro atoms. The third kappa shape index (κ3) is 2.26. The summed E-state index contributed by atoms with van der Waals surface area (Å²) in [4.78, 5) is 12.2. The molecule has 98 valence electrons. The summed E-state index contributed by atoms with van der Waals surface area (Å²) in [7, 11) is 1.42. The highest BCUT2D eigenvalue weighted by molar-refractivity contribution is 5.83. The fourth-order valence-electron chi connectivity index (χ4n) is 2.83. The molecular weight excluding hydrogens is 231 g/mol. The van der Waals surface area contributed by atoms with Crippen LogP contribution in [0.5, 0.6) is 0 Å². The number of ether oxygens (including phenoxy) is 1. The fraction of sp³-hybridized carbons (Fsp3) is 0.533. The van der Waals surface area contributed by atoms with Crippen LogP contribution in [0.15, 0.2) is 24.3 Å². The Morgan fingerprint density at radius 2 is 1.83 bits per heavy atom. The lowest BCUT2D eigenvalue weighted by atomic mass is 9.67. The summed E-state index contributed by atoms with van der Waals surface area (Å²) in [6.45, 7) is 2.20. The number of halogens is 1. The van der Waals surface area contributed by atoms with Crippen LogP contribution in [0, 0.1) is 11.7 Å². The average Bonchev–Trinajstić information content (AvgIpc) is 2.40. The van der Waals surface area contributed by atoms with Crippen LogP contribution < -0.4 is 0 Å². The van der Waals surface area contributed by atoms with Crippen molar-refractivity contribution in [3.63, 3.8) is 0 Å². The molecule has 0 aromatic heterocycles. The molecule has 1 fully saturated rings. The maximum absolute atomic E-state index is 13.0. The summed E-state index contributed by atoms with van der Waals surface area (Å²) in [5.41, 5.74) is 0.303. The molecular formula is C15H19FO2. The Hall–Kier alpha value is -1.38. The summed E-state index contributed by atoms with van der Waals surface area (Å²) < 4.78 is 18.0. The van der Waals surface area contributed by atoms with E-state index in [1.165, 1.54) is 19.2 Å². The zero-order chi connectivity index (χ0) is 13.2. The second-order valence-corrected chi connectivity index (χ2v) is 5.26. The normalized spacial score (nSPS) is 27.8. The van der Waals surface area contributed by atoms with E-state index >= 15 is 0 Å². The first kappa shape index (κ1) is 13.1. The minimum absolute atomic E-state index is 0.194. The fourth-order valence-corrected chi connectivity index (χ4v) is 2.83. The van der Waals surface area contributed by atoms with Gasteiger partial charge in [0, 0.05) is 0 Å². The second-order valence-electron chi connectivity index (χ2n) is 5.26. The molecule has 3 heteroatoms. The van der Waals surface area contributed by atoms with Gasteiger partial charge in [0.15, 0.2) is 0 Å². The summed E-state index contributed by atoms with van der Waals surface area (Å²) in [5.74, 6) is 0.173. The number of benzene rings is 1. The monoisotopic (exact) mass is 250 g/mol. The van der Waals surface area contributed by atoms with E-state index in [9.17, 15) is 9.18 Å². The van der Waals surface area contributed by atoms with Crippen molar-refractivity contribution in [1.29, 1.82) is 0 Å². The largest absolute Gasteiger partial charge is 0.468 e. The summed E-state index contributed by atoms with van der Waals surface area (Å²) in [5, 5.41) is 0. The van der Waals surface area contributed by atoms with Crippen LogP contribution in [-0.2, 0) is 14.9 Å². The molecule has 0 saturated heterocycles. The predicted molar refractivity (Wildman–Crippen MR) is 67.7 cm³/mol. The van der Waals surface area contributed by atoms with E-state index in [0.29, 0.717) is 5.92 Å². The molecule has 1 saturated carbocycles. The van der Waals surface area contributed by atoms with Gasteiger partial charge in [-0.25, -0.2) is 4.39 Å². The molecule has 0 unspecified atom stereocenters. The molecule has 0 atom stereocenters. The van der Waals surface area contributed by atoms with E-state index in [-0.39, 0.29) is 11.8 Å². The van der Waals surface area contributed by atoms with Crippen molar-refractivity contribution in [2.75, 3.05) is 7.11 Å². The molecule has 18 heavy (non-hydrogen) atoms. The molecule has 1 aromatic carbocycles. The second kappa shape index (κ2) is 5.09. The van der Waals surface area contributed by atoms with Crippen molar-refractivity contribution in [1.82, 2.24) is 0 Å². The van der Waals surface area contributed by atoms with Gasteiger partial charge in [-0.3, -0.25) is 4.79 Å². The Morgan fingerprint density at radius 3 is 2.33 bits per heavy atom. The van der Waals surface area contributed by atoms with Crippen LogP contribution in [-0.4, -0.2) is 13.1 Å². The third-order valence-corrected chi connectivity index (χ3v) is 4.10. The van der Waals surface area contributed by atoms with Gasteiger partial charge < -0.3 is 4.74 Å². The van der Waals surface area contributed by atoms with Gasteiger partial charge in [-0.15, -0.1) is 0 Å². The topological polar surface area (TPSA) is 26.3 Å². The average molecular weight is 250 g/mol. The van der Waals surface area contributed by atoms with Gasteiger partial charge in [0.2, 0.25) is 0 Å². The number of rotatable bonds is 2. The first-order chi connectivity index (χ1) is 8.58. The molecule has 0 N–H and O–H groups in total. The Morgan fingerprint density at radius 1 is 1.28 bits per heavy atom. The van der Waals surface area contributed by atoms with Crippen molar-refractivity contribution in [2.45, 2.75) is 38.0 Å². The smallest absolute Gasteiger partial charge is 0.316 e. The van der Waals surface area contributed by atoms with Gasteiger partial charge in [0.1, 0.15) is 5.82 Å². The summed E-state index contributed by atoms with van der Waals surface area (Å²) >= 11 is 0. The molecule has 2 rings (SSSR count). The van der Waals surface area contributed by atoms with Gasteiger partial charge in [0.25, 0.3) is 0 Å². The predicted octanol–water partition coefficient (Wildman–Crippen LogP) is 3.45. The van der Waals surface area contributed by atoms with Crippen molar-refractivity contribution < 1.29 is 13.9 Å². The highest BCUT2D eigenvalue weighted by Gasteiger charge is 2.43. The van der Waals surface area contributed by atoms with Crippen LogP contribution in [0.3, 0.4) is 0 Å². The Kier molecular flexibility index (Phi) is 3.69. The van der Waals surface area contributed by atoms with E-state index < -0.39 is 5.41 Å². The van der Waals surface area contributed by atoms with E-state index in [1.54, 1.807) is 12.1 Å². The number of carbonyl (C=O) groups is 1. The van der Waals surface area contributed by atoms with E-state index in [2.05, 4.69) is 6.92 Å². The summed E-state index contributed by atoms with van der Waals surface area (Å²) in [6, 6.07) is 6.25. The Labute approximate surface area is 107 Å². The molecule has 0 amide bonds. The summed E-state index contributed by atoms with van der Waals surface area (Å²) in [6.07, 6.45) is 3.58. The van der Waals surface area contributed by atoms with Gasteiger partial charge in [0.05, 0.1) is 12.5 Å². The molecule has 0 aliphatic heterocycles. The van der Waals surface area contributed by atoms with Crippen molar-refractivity contribution in [3.05, 3.63) is 35.6 Å². The minimum atomic E-state index is -0.574. The minimum Gasteiger partial charge on any atom is -0.468 e. The molecule has 0 heterocycles. The van der Waals surface area contributed by atoms with Gasteiger partial charge in [-0.05, 0) is 49.3 Å². The lowest BCUT2D eigenvalue weighted by Crippen LogP contribution is -2.40. The van der Waals surface area contributed by atoms with E-state index in [0.717, 1.165) is 31.2 Å². The third-order valence-electron chi connectivity index (χ3n) is 4.10. The first-order valence-corrected chi connectivity index (χ1v) is 6.43. The SMILES string of the molecule is COC(=O)C1(c2ccc(F)cc2)CCC(C)CC1. The standard InChI is InChI=1S/C15H19FO2/c1-11-7-9-15(10-8-11,14(17)18-2)12-3-5-13(16)6-4-12/h3-6,11H,7-10H2,1-2H3. The zero-order valence-corrected chi connectivity index (χ0v) is 10.9. The highest BCUT2D eigenvalue weighted by Crippen LogP contribution is 2.42. The van der Waals surface area contributed by atoms with Crippen LogP contribution in [0.25, 0.3) is 0 Å². The number of carbonyl (C=O) groups excluding carboxylic acids is 1. The number of esters is 1. The zero-order valence-electron chi connectivity index (χ0n) is 10.9.